The van der Waals surface area contributed by atoms with E-state index in [1.54, 1.807) is 0 Å². The van der Waals surface area contributed by atoms with Gasteiger partial charge in [0.1, 0.15) is 0 Å². The molecule has 2 aromatic rings. The first-order valence-corrected chi connectivity index (χ1v) is 6.58. The summed E-state index contributed by atoms with van der Waals surface area (Å²) in [4.78, 5) is 4.84. The van der Waals surface area contributed by atoms with E-state index in [1.807, 2.05) is 6.07 Å². The summed E-state index contributed by atoms with van der Waals surface area (Å²) >= 11 is 0. The third-order valence-electron chi connectivity index (χ3n) is 3.11. The Kier molecular flexibility index (Phi) is 3.51. The van der Waals surface area contributed by atoms with Gasteiger partial charge >= 0.3 is 0 Å². The van der Waals surface area contributed by atoms with Gasteiger partial charge < -0.3 is 0 Å². The van der Waals surface area contributed by atoms with Gasteiger partial charge in [-0.2, -0.15) is 0 Å². The lowest BCUT2D eigenvalue weighted by atomic mass is 9.86. The average Bonchev–Trinajstić information content (AvgIpc) is 2.38. The molecule has 1 aromatic carbocycles. The zero-order chi connectivity index (χ0) is 13.2. The number of hydrogen-bond acceptors (Lipinski definition) is 1. The molecule has 0 amide bonds. The molecule has 0 radical (unpaired) electrons. The molecular formula is C17H21N. The Bertz CT molecular complexity index is 521. The van der Waals surface area contributed by atoms with E-state index in [0.29, 0.717) is 0 Å². The van der Waals surface area contributed by atoms with Gasteiger partial charge in [0.15, 0.2) is 0 Å². The van der Waals surface area contributed by atoms with Gasteiger partial charge in [-0.05, 0) is 18.1 Å². The van der Waals surface area contributed by atoms with Crippen molar-refractivity contribution in [1.82, 2.24) is 4.98 Å². The highest BCUT2D eigenvalue weighted by Gasteiger charge is 2.20. The van der Waals surface area contributed by atoms with Crippen molar-refractivity contribution in [2.24, 2.45) is 0 Å². The second-order valence-corrected chi connectivity index (χ2v) is 5.67. The van der Waals surface area contributed by atoms with Crippen LogP contribution in [0.5, 0.6) is 0 Å². The number of nitrogens with zero attached hydrogens (tertiary/aromatic N) is 1. The Hall–Kier alpha value is -1.63. The fraction of sp³-hybridized carbons (Fsp3) is 0.353. The van der Waals surface area contributed by atoms with Crippen LogP contribution < -0.4 is 0 Å². The molecule has 0 saturated carbocycles. The first kappa shape index (κ1) is 12.8. The van der Waals surface area contributed by atoms with E-state index in [9.17, 15) is 0 Å². The quantitative estimate of drug-likeness (QED) is 0.746. The Labute approximate surface area is 110 Å². The lowest BCUT2D eigenvalue weighted by Crippen LogP contribution is -2.16. The van der Waals surface area contributed by atoms with Crippen LogP contribution in [0.2, 0.25) is 0 Å². The smallest absolute Gasteiger partial charge is 0.0538 e. The van der Waals surface area contributed by atoms with Gasteiger partial charge in [0.05, 0.1) is 5.69 Å². The molecule has 1 heterocycles. The van der Waals surface area contributed by atoms with Gasteiger partial charge in [-0.3, -0.25) is 4.98 Å². The molecule has 1 aromatic heterocycles. The highest BCUT2D eigenvalue weighted by molar-refractivity contribution is 5.67. The molecule has 0 unspecified atom stereocenters. The number of benzene rings is 1. The molecule has 0 bridgehead atoms. The summed E-state index contributed by atoms with van der Waals surface area (Å²) in [5.41, 5.74) is 4.92. The summed E-state index contributed by atoms with van der Waals surface area (Å²) in [6.07, 6.45) is 0.984. The van der Waals surface area contributed by atoms with E-state index in [4.69, 9.17) is 4.98 Å². The number of rotatable bonds is 2. The molecule has 2 rings (SSSR count). The first-order chi connectivity index (χ1) is 8.52. The Morgan fingerprint density at radius 2 is 1.61 bits per heavy atom. The predicted octanol–water partition coefficient (Wildman–Crippen LogP) is 4.61. The molecule has 0 aliphatic carbocycles. The second kappa shape index (κ2) is 4.93. The fourth-order valence-corrected chi connectivity index (χ4v) is 2.12. The van der Waals surface area contributed by atoms with Gasteiger partial charge in [0, 0.05) is 16.7 Å². The molecule has 0 atom stereocenters. The lowest BCUT2D eigenvalue weighted by molar-refractivity contribution is 0.568. The van der Waals surface area contributed by atoms with Gasteiger partial charge in [0.25, 0.3) is 0 Å². The molecule has 0 fully saturated rings. The minimum absolute atomic E-state index is 0.0658. The summed E-state index contributed by atoms with van der Waals surface area (Å²) in [5, 5.41) is 0. The van der Waals surface area contributed by atoms with Crippen LogP contribution in [0.3, 0.4) is 0 Å². The minimum atomic E-state index is 0.0658. The maximum Gasteiger partial charge on any atom is 0.0538 e. The van der Waals surface area contributed by atoms with Gasteiger partial charge in [-0.1, -0.05) is 64.1 Å². The highest BCUT2D eigenvalue weighted by Crippen LogP contribution is 2.31. The van der Waals surface area contributed by atoms with Crippen molar-refractivity contribution in [3.63, 3.8) is 0 Å². The second-order valence-electron chi connectivity index (χ2n) is 5.67. The van der Waals surface area contributed by atoms with Gasteiger partial charge in [0.2, 0.25) is 0 Å². The van der Waals surface area contributed by atoms with Gasteiger partial charge in [-0.15, -0.1) is 0 Å². The molecule has 0 aliphatic heterocycles. The zero-order valence-electron chi connectivity index (χ0n) is 11.7. The van der Waals surface area contributed by atoms with Crippen LogP contribution in [0.4, 0.5) is 0 Å². The Morgan fingerprint density at radius 1 is 0.944 bits per heavy atom. The normalized spacial score (nSPS) is 11.6. The maximum atomic E-state index is 4.84. The minimum Gasteiger partial charge on any atom is -0.257 e. The van der Waals surface area contributed by atoms with Crippen molar-refractivity contribution < 1.29 is 0 Å². The van der Waals surface area contributed by atoms with Crippen molar-refractivity contribution in [3.05, 3.63) is 53.9 Å². The first-order valence-electron chi connectivity index (χ1n) is 6.58. The van der Waals surface area contributed by atoms with E-state index in [2.05, 4.69) is 64.1 Å². The SMILES string of the molecule is CCc1ccc(-c2ccccc2)c(C(C)(C)C)n1. The number of aryl methyl sites for hydroxylation is 1. The van der Waals surface area contributed by atoms with Crippen molar-refractivity contribution in [2.75, 3.05) is 0 Å². The number of aromatic nitrogens is 1. The third-order valence-corrected chi connectivity index (χ3v) is 3.11. The molecule has 0 aliphatic rings. The number of hydrogen-bond donors (Lipinski definition) is 0. The summed E-state index contributed by atoms with van der Waals surface area (Å²) in [5.74, 6) is 0. The van der Waals surface area contributed by atoms with Crippen LogP contribution in [0.1, 0.15) is 39.1 Å². The zero-order valence-corrected chi connectivity index (χ0v) is 11.7. The molecule has 1 heteroatoms. The van der Waals surface area contributed by atoms with Crippen LogP contribution >= 0.6 is 0 Å². The van der Waals surface area contributed by atoms with E-state index in [-0.39, 0.29) is 5.41 Å². The summed E-state index contributed by atoms with van der Waals surface area (Å²) in [7, 11) is 0. The third kappa shape index (κ3) is 2.61. The van der Waals surface area contributed by atoms with Crippen LogP contribution in [-0.4, -0.2) is 4.98 Å². The van der Waals surface area contributed by atoms with E-state index in [0.717, 1.165) is 6.42 Å². The van der Waals surface area contributed by atoms with Gasteiger partial charge in [-0.25, -0.2) is 0 Å². The molecule has 1 nitrogen and oxygen atoms in total. The monoisotopic (exact) mass is 239 g/mol. The van der Waals surface area contributed by atoms with Crippen LogP contribution in [0.15, 0.2) is 42.5 Å². The molecule has 0 saturated heterocycles. The van der Waals surface area contributed by atoms with Crippen molar-refractivity contribution >= 4 is 0 Å². The predicted molar refractivity (Wildman–Crippen MR) is 77.8 cm³/mol. The summed E-state index contributed by atoms with van der Waals surface area (Å²) in [6, 6.07) is 14.9. The van der Waals surface area contributed by atoms with Crippen LogP contribution in [-0.2, 0) is 11.8 Å². The largest absolute Gasteiger partial charge is 0.257 e. The molecule has 0 N–H and O–H groups in total. The fourth-order valence-electron chi connectivity index (χ4n) is 2.12. The molecular weight excluding hydrogens is 218 g/mol. The standard InChI is InChI=1S/C17H21N/c1-5-14-11-12-15(13-9-7-6-8-10-13)16(18-14)17(2,3)4/h6-12H,5H2,1-4H3. The van der Waals surface area contributed by atoms with Crippen molar-refractivity contribution in [3.8, 4) is 11.1 Å². The van der Waals surface area contributed by atoms with Crippen LogP contribution in [0, 0.1) is 0 Å². The highest BCUT2D eigenvalue weighted by atomic mass is 14.7. The Morgan fingerprint density at radius 3 is 2.17 bits per heavy atom. The van der Waals surface area contributed by atoms with Crippen molar-refractivity contribution in [2.45, 2.75) is 39.5 Å². The molecule has 18 heavy (non-hydrogen) atoms. The number of pyridine rings is 1. The molecule has 94 valence electrons. The summed E-state index contributed by atoms with van der Waals surface area (Å²) < 4.78 is 0. The van der Waals surface area contributed by atoms with E-state index < -0.39 is 0 Å². The Balaban J connectivity index is 2.61. The maximum absolute atomic E-state index is 4.84. The topological polar surface area (TPSA) is 12.9 Å². The van der Waals surface area contributed by atoms with Crippen LogP contribution in [0.25, 0.3) is 11.1 Å². The van der Waals surface area contributed by atoms with E-state index >= 15 is 0 Å². The lowest BCUT2D eigenvalue weighted by Gasteiger charge is -2.22. The van der Waals surface area contributed by atoms with Crippen molar-refractivity contribution in [1.29, 1.82) is 0 Å². The molecule has 0 spiro atoms. The summed E-state index contributed by atoms with van der Waals surface area (Å²) in [6.45, 7) is 8.82. The average molecular weight is 239 g/mol. The van der Waals surface area contributed by atoms with E-state index in [1.165, 1.54) is 22.5 Å².